The van der Waals surface area contributed by atoms with Gasteiger partial charge in [0, 0.05) is 26.2 Å². The number of hydrogen-bond donors (Lipinski definition) is 1. The lowest BCUT2D eigenvalue weighted by atomic mass is 9.73. The molecule has 140 valence electrons. The van der Waals surface area contributed by atoms with Gasteiger partial charge < -0.3 is 14.8 Å². The van der Waals surface area contributed by atoms with Gasteiger partial charge in [0.1, 0.15) is 5.54 Å². The van der Waals surface area contributed by atoms with Crippen LogP contribution in [0, 0.1) is 5.41 Å². The molecule has 1 N–H and O–H groups in total. The van der Waals surface area contributed by atoms with Gasteiger partial charge in [-0.3, -0.25) is 9.69 Å². The normalized spacial score (nSPS) is 24.3. The summed E-state index contributed by atoms with van der Waals surface area (Å²) in [6, 6.07) is 0. The van der Waals surface area contributed by atoms with Crippen molar-refractivity contribution in [2.45, 2.75) is 64.3 Å². The molecular weight excluding hydrogens is 304 g/mol. The quantitative estimate of drug-likeness (QED) is 0.688. The van der Waals surface area contributed by atoms with Gasteiger partial charge >= 0.3 is 5.97 Å². The Balaban J connectivity index is 2.02. The van der Waals surface area contributed by atoms with Gasteiger partial charge in [0.05, 0.1) is 20.3 Å². The van der Waals surface area contributed by atoms with Gasteiger partial charge in [0.2, 0.25) is 0 Å². The van der Waals surface area contributed by atoms with Crippen molar-refractivity contribution in [2.24, 2.45) is 5.41 Å². The summed E-state index contributed by atoms with van der Waals surface area (Å²) in [5.74, 6) is -0.137. The topological polar surface area (TPSA) is 50.8 Å². The van der Waals surface area contributed by atoms with Crippen molar-refractivity contribution < 1.29 is 14.3 Å². The first kappa shape index (κ1) is 19.7. The number of carbonyl (C=O) groups excluding carboxylic acids is 1. The summed E-state index contributed by atoms with van der Waals surface area (Å²) in [5, 5.41) is 3.62. The number of ether oxygens (including phenoxy) is 2. The zero-order valence-corrected chi connectivity index (χ0v) is 15.9. The van der Waals surface area contributed by atoms with Gasteiger partial charge in [-0.05, 0) is 31.6 Å². The highest BCUT2D eigenvalue weighted by atomic mass is 16.5. The number of nitrogens with zero attached hydrogens (tertiary/aromatic N) is 1. The molecule has 5 heteroatoms. The van der Waals surface area contributed by atoms with Crippen LogP contribution in [0.25, 0.3) is 0 Å². The van der Waals surface area contributed by atoms with Crippen LogP contribution in [-0.4, -0.2) is 62.9 Å². The third kappa shape index (κ3) is 5.17. The van der Waals surface area contributed by atoms with Gasteiger partial charge in [-0.25, -0.2) is 0 Å². The summed E-state index contributed by atoms with van der Waals surface area (Å²) >= 11 is 0. The van der Waals surface area contributed by atoms with E-state index in [2.05, 4.69) is 17.1 Å². The van der Waals surface area contributed by atoms with Crippen LogP contribution < -0.4 is 5.32 Å². The van der Waals surface area contributed by atoms with Crippen LogP contribution in [0.5, 0.6) is 0 Å². The highest BCUT2D eigenvalue weighted by Gasteiger charge is 2.39. The zero-order valence-electron chi connectivity index (χ0n) is 15.9. The van der Waals surface area contributed by atoms with Crippen molar-refractivity contribution in [2.75, 3.05) is 46.5 Å². The van der Waals surface area contributed by atoms with E-state index >= 15 is 0 Å². The van der Waals surface area contributed by atoms with Gasteiger partial charge in [0.25, 0.3) is 0 Å². The van der Waals surface area contributed by atoms with Crippen molar-refractivity contribution in [3.05, 3.63) is 0 Å². The minimum Gasteiger partial charge on any atom is -0.468 e. The summed E-state index contributed by atoms with van der Waals surface area (Å²) < 4.78 is 10.6. The summed E-state index contributed by atoms with van der Waals surface area (Å²) in [7, 11) is 1.49. The summed E-state index contributed by atoms with van der Waals surface area (Å²) in [6.45, 7) is 9.89. The number of hydrogen-bond acceptors (Lipinski definition) is 5. The predicted molar refractivity (Wildman–Crippen MR) is 96.1 cm³/mol. The molecule has 1 aliphatic heterocycles. The smallest absolute Gasteiger partial charge is 0.325 e. The number of esters is 1. The Labute approximate surface area is 147 Å². The molecule has 2 fully saturated rings. The maximum absolute atomic E-state index is 12.3. The van der Waals surface area contributed by atoms with Crippen LogP contribution >= 0.6 is 0 Å². The lowest BCUT2D eigenvalue weighted by Crippen LogP contribution is -2.56. The van der Waals surface area contributed by atoms with E-state index in [1.165, 1.54) is 39.2 Å². The van der Waals surface area contributed by atoms with Gasteiger partial charge in [-0.1, -0.05) is 32.6 Å². The molecular formula is C19H36N2O3. The SMILES string of the molecule is CCC[C@](C)(NCC1(CN2CCOCC2)CCCCC1)C(=O)OC. The van der Waals surface area contributed by atoms with Crippen molar-refractivity contribution in [3.8, 4) is 0 Å². The molecule has 24 heavy (non-hydrogen) atoms. The Kier molecular flexibility index (Phi) is 7.51. The standard InChI is InChI=1S/C19H36N2O3/c1-4-8-18(2,17(22)23-3)20-15-19(9-6-5-7-10-19)16-21-11-13-24-14-12-21/h20H,4-16H2,1-3H3/t18-/m0/s1. The molecule has 0 aromatic heterocycles. The number of methoxy groups -OCH3 is 1. The Morgan fingerprint density at radius 2 is 1.92 bits per heavy atom. The minimum atomic E-state index is -0.570. The van der Waals surface area contributed by atoms with E-state index in [-0.39, 0.29) is 11.4 Å². The van der Waals surface area contributed by atoms with Crippen LogP contribution in [0.2, 0.25) is 0 Å². The molecule has 1 saturated carbocycles. The lowest BCUT2D eigenvalue weighted by molar-refractivity contribution is -0.148. The first-order valence-corrected chi connectivity index (χ1v) is 9.67. The molecule has 0 amide bonds. The molecule has 0 aromatic rings. The molecule has 1 atom stereocenters. The maximum Gasteiger partial charge on any atom is 0.325 e. The van der Waals surface area contributed by atoms with Crippen LogP contribution in [0.3, 0.4) is 0 Å². The van der Waals surface area contributed by atoms with Crippen LogP contribution in [0.1, 0.15) is 58.8 Å². The van der Waals surface area contributed by atoms with E-state index in [1.54, 1.807) is 0 Å². The number of nitrogens with one attached hydrogen (secondary N) is 1. The molecule has 2 rings (SSSR count). The Hall–Kier alpha value is -0.650. The maximum atomic E-state index is 12.3. The van der Waals surface area contributed by atoms with E-state index < -0.39 is 5.54 Å². The molecule has 2 aliphatic rings. The van der Waals surface area contributed by atoms with Crippen LogP contribution in [0.4, 0.5) is 0 Å². The number of morpholine rings is 1. The first-order valence-electron chi connectivity index (χ1n) is 9.67. The molecule has 0 bridgehead atoms. The molecule has 0 unspecified atom stereocenters. The molecule has 1 saturated heterocycles. The van der Waals surface area contributed by atoms with E-state index in [1.807, 2.05) is 6.92 Å². The van der Waals surface area contributed by atoms with Gasteiger partial charge in [-0.2, -0.15) is 0 Å². The highest BCUT2D eigenvalue weighted by molar-refractivity contribution is 5.80. The monoisotopic (exact) mass is 340 g/mol. The second-order valence-electron chi connectivity index (χ2n) is 7.88. The average Bonchev–Trinajstić information content (AvgIpc) is 2.61. The predicted octanol–water partition coefficient (Wildman–Crippen LogP) is 2.59. The molecule has 0 aromatic carbocycles. The van der Waals surface area contributed by atoms with E-state index in [0.29, 0.717) is 0 Å². The molecule has 0 radical (unpaired) electrons. The highest BCUT2D eigenvalue weighted by Crippen LogP contribution is 2.37. The third-order valence-corrected chi connectivity index (χ3v) is 5.82. The summed E-state index contributed by atoms with van der Waals surface area (Å²) in [5.41, 5.74) is -0.294. The van der Waals surface area contributed by atoms with Crippen molar-refractivity contribution >= 4 is 5.97 Å². The van der Waals surface area contributed by atoms with E-state index in [0.717, 1.165) is 52.2 Å². The third-order valence-electron chi connectivity index (χ3n) is 5.82. The second-order valence-corrected chi connectivity index (χ2v) is 7.88. The molecule has 1 heterocycles. The Bertz CT molecular complexity index is 390. The second kappa shape index (κ2) is 9.16. The van der Waals surface area contributed by atoms with E-state index in [9.17, 15) is 4.79 Å². The fraction of sp³-hybridized carbons (Fsp3) is 0.947. The summed E-state index contributed by atoms with van der Waals surface area (Å²) in [4.78, 5) is 14.8. The lowest BCUT2D eigenvalue weighted by Gasteiger charge is -2.44. The van der Waals surface area contributed by atoms with Gasteiger partial charge in [0.15, 0.2) is 0 Å². The molecule has 0 spiro atoms. The molecule has 5 nitrogen and oxygen atoms in total. The van der Waals surface area contributed by atoms with Crippen molar-refractivity contribution in [1.29, 1.82) is 0 Å². The average molecular weight is 341 g/mol. The minimum absolute atomic E-state index is 0.137. The number of rotatable bonds is 8. The number of carbonyl (C=O) groups is 1. The summed E-state index contributed by atoms with van der Waals surface area (Å²) in [6.07, 6.45) is 8.22. The Morgan fingerprint density at radius 1 is 1.25 bits per heavy atom. The van der Waals surface area contributed by atoms with Crippen molar-refractivity contribution in [3.63, 3.8) is 0 Å². The largest absolute Gasteiger partial charge is 0.468 e. The Morgan fingerprint density at radius 3 is 2.50 bits per heavy atom. The van der Waals surface area contributed by atoms with E-state index in [4.69, 9.17) is 9.47 Å². The van der Waals surface area contributed by atoms with Crippen LogP contribution in [0.15, 0.2) is 0 Å². The zero-order chi connectivity index (χ0) is 17.5. The fourth-order valence-corrected chi connectivity index (χ4v) is 4.30. The molecule has 1 aliphatic carbocycles. The fourth-order valence-electron chi connectivity index (χ4n) is 4.30. The van der Waals surface area contributed by atoms with Crippen molar-refractivity contribution in [1.82, 2.24) is 10.2 Å². The van der Waals surface area contributed by atoms with Gasteiger partial charge in [-0.15, -0.1) is 0 Å². The first-order chi connectivity index (χ1) is 11.5. The van der Waals surface area contributed by atoms with Crippen LogP contribution in [-0.2, 0) is 14.3 Å².